The molecule has 10 heavy (non-hydrogen) atoms. The monoisotopic (exact) mass is 152 g/mol. The molecule has 0 spiro atoms. The van der Waals surface area contributed by atoms with Crippen molar-refractivity contribution in [3.8, 4) is 0 Å². The topological polar surface area (TPSA) is 27.7 Å². The number of rotatable bonds is 5. The second-order valence-corrected chi connectivity index (χ2v) is 2.08. The lowest BCUT2D eigenvalue weighted by molar-refractivity contribution is -0.347. The van der Waals surface area contributed by atoms with Gasteiger partial charge in [0.05, 0.1) is 0 Å². The molecule has 0 fully saturated rings. The van der Waals surface area contributed by atoms with Crippen molar-refractivity contribution in [1.82, 2.24) is 0 Å². The number of hydrogen-bond acceptors (Lipinski definition) is 3. The van der Waals surface area contributed by atoms with Crippen LogP contribution < -0.4 is 0 Å². The molecule has 1 unspecified atom stereocenters. The van der Waals surface area contributed by atoms with Gasteiger partial charge in [-0.1, -0.05) is 0 Å². The Morgan fingerprint density at radius 1 is 1.50 bits per heavy atom. The summed E-state index contributed by atoms with van der Waals surface area (Å²) in [6.07, 6.45) is 0. The highest BCUT2D eigenvalue weighted by Gasteiger charge is 2.26. The Hall–Kier alpha value is -0.190. The highest BCUT2D eigenvalue weighted by atomic mass is 19.3. The molecule has 0 N–H and O–H groups in total. The molecular weight excluding hydrogens is 139 g/mol. The van der Waals surface area contributed by atoms with E-state index >= 15 is 0 Å². The quantitative estimate of drug-likeness (QED) is 0.555. The fraction of sp³-hybridized carbons (Fsp3) is 1.00. The lowest BCUT2D eigenvalue weighted by Gasteiger charge is -2.22. The van der Waals surface area contributed by atoms with Gasteiger partial charge in [0.25, 0.3) is 0 Å². The Labute approximate surface area is 60.0 Å². The van der Waals surface area contributed by atoms with Crippen LogP contribution in [0.4, 0.5) is 4.53 Å². The predicted octanol–water partition coefficient (Wildman–Crippen LogP) is 1.29. The van der Waals surface area contributed by atoms with Gasteiger partial charge in [-0.2, -0.15) is 4.94 Å². The Morgan fingerprint density at radius 3 is 2.40 bits per heavy atom. The zero-order valence-electron chi connectivity index (χ0n) is 6.52. The minimum absolute atomic E-state index is 0.0807. The van der Waals surface area contributed by atoms with Crippen LogP contribution in [0.2, 0.25) is 0 Å². The van der Waals surface area contributed by atoms with E-state index in [1.807, 2.05) is 0 Å². The second-order valence-electron chi connectivity index (χ2n) is 2.08. The fourth-order valence-electron chi connectivity index (χ4n) is 0.654. The summed E-state index contributed by atoms with van der Waals surface area (Å²) < 4.78 is 21.3. The van der Waals surface area contributed by atoms with Crippen molar-refractivity contribution in [3.63, 3.8) is 0 Å². The standard InChI is InChI=1S/C6H13FO3/c1-4-9-6(2,10-7)5-8-3/h4-5H2,1-3H3. The van der Waals surface area contributed by atoms with E-state index in [-0.39, 0.29) is 6.61 Å². The van der Waals surface area contributed by atoms with Gasteiger partial charge < -0.3 is 9.47 Å². The van der Waals surface area contributed by atoms with Gasteiger partial charge in [0.1, 0.15) is 6.61 Å². The van der Waals surface area contributed by atoms with Crippen molar-refractivity contribution < 1.29 is 18.9 Å². The molecular formula is C6H13FO3. The third-order valence-corrected chi connectivity index (χ3v) is 1.02. The van der Waals surface area contributed by atoms with Crippen LogP contribution in [-0.2, 0) is 14.4 Å². The Morgan fingerprint density at radius 2 is 2.10 bits per heavy atom. The summed E-state index contributed by atoms with van der Waals surface area (Å²) in [5, 5.41) is 0. The zero-order valence-corrected chi connectivity index (χ0v) is 6.52. The summed E-state index contributed by atoms with van der Waals surface area (Å²) in [6, 6.07) is 0. The molecule has 0 saturated carbocycles. The molecule has 0 aromatic carbocycles. The molecule has 3 nitrogen and oxygen atoms in total. The average molecular weight is 152 g/mol. The van der Waals surface area contributed by atoms with Crippen LogP contribution in [0.3, 0.4) is 0 Å². The van der Waals surface area contributed by atoms with Crippen LogP contribution in [-0.4, -0.2) is 26.1 Å². The highest BCUT2D eigenvalue weighted by molar-refractivity contribution is 4.57. The molecule has 0 aromatic heterocycles. The van der Waals surface area contributed by atoms with Crippen LogP contribution >= 0.6 is 0 Å². The van der Waals surface area contributed by atoms with Gasteiger partial charge in [0.15, 0.2) is 0 Å². The first-order chi connectivity index (χ1) is 4.68. The minimum atomic E-state index is -1.25. The molecule has 0 saturated heterocycles. The van der Waals surface area contributed by atoms with Crippen molar-refractivity contribution in [1.29, 1.82) is 0 Å². The summed E-state index contributed by atoms with van der Waals surface area (Å²) in [6.45, 7) is 3.70. The first kappa shape index (κ1) is 9.81. The lowest BCUT2D eigenvalue weighted by atomic mass is 10.3. The molecule has 0 aliphatic heterocycles. The molecule has 0 bridgehead atoms. The molecule has 62 valence electrons. The van der Waals surface area contributed by atoms with E-state index in [0.717, 1.165) is 0 Å². The van der Waals surface area contributed by atoms with Gasteiger partial charge in [-0.25, -0.2) is 0 Å². The van der Waals surface area contributed by atoms with E-state index < -0.39 is 5.79 Å². The smallest absolute Gasteiger partial charge is 0.227 e. The molecule has 0 amide bonds. The molecule has 0 radical (unpaired) electrons. The number of methoxy groups -OCH3 is 1. The summed E-state index contributed by atoms with van der Waals surface area (Å²) >= 11 is 0. The van der Waals surface area contributed by atoms with Crippen molar-refractivity contribution in [3.05, 3.63) is 0 Å². The van der Waals surface area contributed by atoms with E-state index in [1.165, 1.54) is 14.0 Å². The fourth-order valence-corrected chi connectivity index (χ4v) is 0.654. The number of hydrogen-bond donors (Lipinski definition) is 0. The molecule has 0 aromatic rings. The van der Waals surface area contributed by atoms with Gasteiger partial charge >= 0.3 is 0 Å². The molecule has 0 rings (SSSR count). The van der Waals surface area contributed by atoms with Crippen LogP contribution in [0, 0.1) is 0 Å². The van der Waals surface area contributed by atoms with Crippen molar-refractivity contribution >= 4 is 0 Å². The number of halogens is 1. The van der Waals surface area contributed by atoms with E-state index in [2.05, 4.69) is 9.68 Å². The molecule has 4 heteroatoms. The van der Waals surface area contributed by atoms with Gasteiger partial charge in [-0.3, -0.25) is 0 Å². The summed E-state index contributed by atoms with van der Waals surface area (Å²) in [7, 11) is 1.45. The SMILES string of the molecule is CCOC(C)(COC)OF. The van der Waals surface area contributed by atoms with Crippen molar-refractivity contribution in [2.24, 2.45) is 0 Å². The number of ether oxygens (including phenoxy) is 2. The van der Waals surface area contributed by atoms with E-state index in [0.29, 0.717) is 6.61 Å². The maximum absolute atomic E-state index is 11.7. The summed E-state index contributed by atoms with van der Waals surface area (Å²) in [5.41, 5.74) is 0. The van der Waals surface area contributed by atoms with Gasteiger partial charge in [0.2, 0.25) is 5.79 Å². The lowest BCUT2D eigenvalue weighted by Crippen LogP contribution is -2.34. The van der Waals surface area contributed by atoms with Crippen molar-refractivity contribution in [2.45, 2.75) is 19.6 Å². The zero-order chi connectivity index (χ0) is 8.04. The normalized spacial score (nSPS) is 16.8. The Kier molecular flexibility index (Phi) is 4.51. The predicted molar refractivity (Wildman–Crippen MR) is 34.1 cm³/mol. The van der Waals surface area contributed by atoms with Crippen molar-refractivity contribution in [2.75, 3.05) is 20.3 Å². The maximum Gasteiger partial charge on any atom is 0.227 e. The largest absolute Gasteiger partial charge is 0.379 e. The molecule has 1 atom stereocenters. The molecule has 0 heterocycles. The van der Waals surface area contributed by atoms with E-state index in [9.17, 15) is 4.53 Å². The van der Waals surface area contributed by atoms with E-state index in [1.54, 1.807) is 6.92 Å². The first-order valence-electron chi connectivity index (χ1n) is 3.11. The van der Waals surface area contributed by atoms with Crippen LogP contribution in [0.5, 0.6) is 0 Å². The molecule has 0 aliphatic carbocycles. The van der Waals surface area contributed by atoms with Crippen LogP contribution in [0.15, 0.2) is 0 Å². The second kappa shape index (κ2) is 4.60. The van der Waals surface area contributed by atoms with Crippen LogP contribution in [0.25, 0.3) is 0 Å². The third-order valence-electron chi connectivity index (χ3n) is 1.02. The first-order valence-corrected chi connectivity index (χ1v) is 3.11. The summed E-state index contributed by atoms with van der Waals surface area (Å²) in [5.74, 6) is -1.25. The van der Waals surface area contributed by atoms with Gasteiger partial charge in [0, 0.05) is 13.7 Å². The minimum Gasteiger partial charge on any atom is -0.379 e. The van der Waals surface area contributed by atoms with Crippen LogP contribution in [0.1, 0.15) is 13.8 Å². The Balaban J connectivity index is 3.69. The van der Waals surface area contributed by atoms with E-state index in [4.69, 9.17) is 4.74 Å². The Bertz CT molecular complexity index is 81.1. The molecule has 0 aliphatic rings. The van der Waals surface area contributed by atoms with Gasteiger partial charge in [-0.05, 0) is 18.4 Å². The van der Waals surface area contributed by atoms with Gasteiger partial charge in [-0.15, -0.1) is 0 Å². The summed E-state index contributed by atoms with van der Waals surface area (Å²) in [4.78, 5) is 3.57. The highest BCUT2D eigenvalue weighted by Crippen LogP contribution is 2.12. The maximum atomic E-state index is 11.7. The average Bonchev–Trinajstić information content (AvgIpc) is 1.89. The third kappa shape index (κ3) is 3.10.